The average Bonchev–Trinajstić information content (AvgIpc) is 3.44. The van der Waals surface area contributed by atoms with Crippen molar-refractivity contribution in [1.82, 2.24) is 9.97 Å². The van der Waals surface area contributed by atoms with Crippen LogP contribution >= 0.6 is 0 Å². The average molecular weight is 528 g/mol. The maximum Gasteiger partial charge on any atom is 0.302 e. The van der Waals surface area contributed by atoms with E-state index in [2.05, 4.69) is 9.97 Å². The summed E-state index contributed by atoms with van der Waals surface area (Å²) >= 11 is 0. The molecule has 0 spiro atoms. The van der Waals surface area contributed by atoms with Gasteiger partial charge in [0.25, 0.3) is 5.78 Å². The number of carbonyl (C=O) groups is 2. The Hall–Kier alpha value is -4.79. The number of aliphatic hydroxyl groups is 1. The van der Waals surface area contributed by atoms with Gasteiger partial charge in [0.05, 0.1) is 35.4 Å². The van der Waals surface area contributed by atoms with Gasteiger partial charge < -0.3 is 24.7 Å². The van der Waals surface area contributed by atoms with E-state index in [1.54, 1.807) is 43.3 Å². The van der Waals surface area contributed by atoms with Crippen molar-refractivity contribution in [1.29, 1.82) is 0 Å². The van der Waals surface area contributed by atoms with Crippen LogP contribution in [0.3, 0.4) is 0 Å². The molecule has 9 heteroatoms. The molecule has 0 radical (unpaired) electrons. The second kappa shape index (κ2) is 10.2. The Labute approximate surface area is 225 Å². The van der Waals surface area contributed by atoms with Crippen LogP contribution in [0.2, 0.25) is 0 Å². The molecular formula is C30H29N3O6. The number of aromatic hydroxyl groups is 1. The number of para-hydroxylation sites is 2. The number of aromatic nitrogens is 2. The first-order chi connectivity index (χ1) is 18.7. The van der Waals surface area contributed by atoms with Crippen molar-refractivity contribution >= 4 is 34.4 Å². The van der Waals surface area contributed by atoms with Gasteiger partial charge in [-0.05, 0) is 81.3 Å². The molecule has 3 N–H and O–H groups in total. The number of benzene rings is 3. The molecular weight excluding hydrogens is 498 g/mol. The van der Waals surface area contributed by atoms with Crippen molar-refractivity contribution in [2.45, 2.75) is 39.8 Å². The van der Waals surface area contributed by atoms with Crippen molar-refractivity contribution in [3.8, 4) is 17.2 Å². The zero-order chi connectivity index (χ0) is 27.8. The highest BCUT2D eigenvalue weighted by atomic mass is 16.5. The minimum atomic E-state index is -1.04. The Morgan fingerprint density at radius 1 is 1.08 bits per heavy atom. The largest absolute Gasteiger partial charge is 0.507 e. The summed E-state index contributed by atoms with van der Waals surface area (Å²) in [5.74, 6) is -1.12. The minimum Gasteiger partial charge on any atom is -0.507 e. The lowest BCUT2D eigenvalue weighted by atomic mass is 9.94. The molecule has 200 valence electrons. The molecule has 2 heterocycles. The zero-order valence-corrected chi connectivity index (χ0v) is 22.1. The summed E-state index contributed by atoms with van der Waals surface area (Å²) in [7, 11) is 0. The Morgan fingerprint density at radius 2 is 1.85 bits per heavy atom. The van der Waals surface area contributed by atoms with E-state index < -0.39 is 17.7 Å². The molecule has 5 rings (SSSR count). The number of aromatic amines is 1. The van der Waals surface area contributed by atoms with Crippen molar-refractivity contribution in [2.24, 2.45) is 0 Å². The third-order valence-corrected chi connectivity index (χ3v) is 6.46. The van der Waals surface area contributed by atoms with E-state index in [0.29, 0.717) is 34.5 Å². The van der Waals surface area contributed by atoms with E-state index >= 15 is 0 Å². The fraction of sp³-hybridized carbons (Fsp3) is 0.233. The van der Waals surface area contributed by atoms with Crippen molar-refractivity contribution in [3.63, 3.8) is 0 Å². The van der Waals surface area contributed by atoms with Gasteiger partial charge >= 0.3 is 5.91 Å². The minimum absolute atomic E-state index is 0.0358. The van der Waals surface area contributed by atoms with Crippen molar-refractivity contribution in [2.75, 3.05) is 11.5 Å². The number of nitrogens with zero attached hydrogens (tertiary/aromatic N) is 2. The second-order valence-electron chi connectivity index (χ2n) is 9.55. The molecule has 9 nitrogen and oxygen atoms in total. The fourth-order valence-electron chi connectivity index (χ4n) is 4.73. The molecule has 1 saturated heterocycles. The lowest BCUT2D eigenvalue weighted by Gasteiger charge is -2.23. The first-order valence-electron chi connectivity index (χ1n) is 12.7. The maximum atomic E-state index is 13.5. The number of fused-ring (bicyclic) bond motifs is 1. The number of hydrogen-bond acceptors (Lipinski definition) is 7. The number of aryl methyl sites for hydroxylation is 1. The molecule has 4 aromatic rings. The van der Waals surface area contributed by atoms with Crippen LogP contribution in [0.1, 0.15) is 43.5 Å². The first kappa shape index (κ1) is 25.8. The number of rotatable bonds is 7. The van der Waals surface area contributed by atoms with E-state index in [0.717, 1.165) is 5.56 Å². The number of nitrogens with one attached hydrogen (secondary N) is 1. The molecule has 1 amide bonds. The quantitative estimate of drug-likeness (QED) is 0.167. The fourth-order valence-corrected chi connectivity index (χ4v) is 4.73. The molecule has 3 aromatic carbocycles. The number of ether oxygens (including phenoxy) is 2. The molecule has 1 atom stereocenters. The summed E-state index contributed by atoms with van der Waals surface area (Å²) in [5, 5.41) is 21.8. The summed E-state index contributed by atoms with van der Waals surface area (Å²) in [5.41, 5.74) is 2.77. The van der Waals surface area contributed by atoms with Crippen molar-refractivity contribution in [3.05, 3.63) is 82.9 Å². The number of amides is 1. The molecule has 39 heavy (non-hydrogen) atoms. The Kier molecular flexibility index (Phi) is 6.74. The number of anilines is 1. The number of carbonyl (C=O) groups excluding carboxylic acids is 2. The molecule has 1 aromatic heterocycles. The third-order valence-electron chi connectivity index (χ3n) is 6.46. The number of ketones is 1. The molecule has 1 aliphatic rings. The van der Waals surface area contributed by atoms with Gasteiger partial charge in [0.1, 0.15) is 11.5 Å². The number of Topliss-reactive ketones (excluding diaryl/α,β-unsaturated/α-hetero) is 1. The van der Waals surface area contributed by atoms with Crippen LogP contribution in [0.4, 0.5) is 5.95 Å². The Balaban J connectivity index is 1.70. The molecule has 0 aliphatic carbocycles. The van der Waals surface area contributed by atoms with Gasteiger partial charge in [-0.1, -0.05) is 18.2 Å². The first-order valence-corrected chi connectivity index (χ1v) is 12.7. The predicted molar refractivity (Wildman–Crippen MR) is 147 cm³/mol. The highest BCUT2D eigenvalue weighted by molar-refractivity contribution is 6.51. The normalized spacial score (nSPS) is 16.8. The number of hydrogen-bond donors (Lipinski definition) is 3. The van der Waals surface area contributed by atoms with E-state index in [-0.39, 0.29) is 34.9 Å². The zero-order valence-electron chi connectivity index (χ0n) is 22.1. The van der Waals surface area contributed by atoms with Crippen LogP contribution in [0.15, 0.2) is 66.2 Å². The monoisotopic (exact) mass is 527 g/mol. The van der Waals surface area contributed by atoms with Gasteiger partial charge in [-0.3, -0.25) is 14.5 Å². The van der Waals surface area contributed by atoms with Gasteiger partial charge in [-0.25, -0.2) is 4.98 Å². The maximum absolute atomic E-state index is 13.5. The standard InChI is InChI=1S/C30H29N3O6/c1-5-38-24-15-18(10-12-22(24)34)26-25(27(35)19-11-13-23(17(4)14-19)39-16(2)3)28(36)29(37)33(26)30-31-20-8-6-7-9-21(20)32-30/h6-16,26,34-35H,5H2,1-4H3,(H,31,32)/b27-25+. The summed E-state index contributed by atoms with van der Waals surface area (Å²) in [6.07, 6.45) is -0.0358. The molecule has 1 aliphatic heterocycles. The Bertz CT molecular complexity index is 1590. The number of H-pyrrole nitrogens is 1. The molecule has 1 unspecified atom stereocenters. The van der Waals surface area contributed by atoms with E-state index in [1.807, 2.05) is 39.0 Å². The van der Waals surface area contributed by atoms with Gasteiger partial charge in [-0.2, -0.15) is 0 Å². The smallest absolute Gasteiger partial charge is 0.302 e. The number of phenols is 1. The molecule has 0 bridgehead atoms. The van der Waals surface area contributed by atoms with Crippen LogP contribution in [0, 0.1) is 6.92 Å². The summed E-state index contributed by atoms with van der Waals surface area (Å²) in [4.78, 5) is 35.9. The van der Waals surface area contributed by atoms with Gasteiger partial charge in [0, 0.05) is 5.56 Å². The van der Waals surface area contributed by atoms with Crippen LogP contribution in [0.25, 0.3) is 16.8 Å². The summed E-state index contributed by atoms with van der Waals surface area (Å²) < 4.78 is 11.4. The van der Waals surface area contributed by atoms with E-state index in [1.165, 1.54) is 11.0 Å². The predicted octanol–water partition coefficient (Wildman–Crippen LogP) is 5.39. The van der Waals surface area contributed by atoms with Crippen LogP contribution in [-0.4, -0.2) is 44.6 Å². The summed E-state index contributed by atoms with van der Waals surface area (Å²) in [6, 6.07) is 15.9. The topological polar surface area (TPSA) is 125 Å². The number of aliphatic hydroxyl groups excluding tert-OH is 1. The van der Waals surface area contributed by atoms with Gasteiger partial charge in [-0.15, -0.1) is 0 Å². The van der Waals surface area contributed by atoms with Crippen LogP contribution in [0.5, 0.6) is 17.2 Å². The van der Waals surface area contributed by atoms with Crippen molar-refractivity contribution < 1.29 is 29.3 Å². The van der Waals surface area contributed by atoms with Gasteiger partial charge in [0.15, 0.2) is 11.5 Å². The SMILES string of the molecule is CCOc1cc(C2/C(=C(\O)c3ccc(OC(C)C)c(C)c3)C(=O)C(=O)N2c2nc3ccccc3[nH]2)ccc1O. The van der Waals surface area contributed by atoms with Crippen LogP contribution in [-0.2, 0) is 9.59 Å². The number of imidazole rings is 1. The lowest BCUT2D eigenvalue weighted by Crippen LogP contribution is -2.30. The number of phenolic OH excluding ortho intramolecular Hbond substituents is 1. The van der Waals surface area contributed by atoms with Gasteiger partial charge in [0.2, 0.25) is 5.95 Å². The highest BCUT2D eigenvalue weighted by Crippen LogP contribution is 2.44. The second-order valence-corrected chi connectivity index (χ2v) is 9.55. The van der Waals surface area contributed by atoms with Crippen LogP contribution < -0.4 is 14.4 Å². The third kappa shape index (κ3) is 4.67. The van der Waals surface area contributed by atoms with E-state index in [9.17, 15) is 19.8 Å². The Morgan fingerprint density at radius 3 is 2.54 bits per heavy atom. The molecule has 1 fully saturated rings. The molecule has 0 saturated carbocycles. The van der Waals surface area contributed by atoms with E-state index in [4.69, 9.17) is 9.47 Å². The summed E-state index contributed by atoms with van der Waals surface area (Å²) in [6.45, 7) is 7.75. The highest BCUT2D eigenvalue weighted by Gasteiger charge is 2.48. The lowest BCUT2D eigenvalue weighted by molar-refractivity contribution is -0.132.